The minimum Gasteiger partial charge on any atom is -0.119 e. The Labute approximate surface area is 184 Å². The summed E-state index contributed by atoms with van der Waals surface area (Å²) in [5.74, 6) is 2.43. The molecule has 0 aliphatic carbocycles. The van der Waals surface area contributed by atoms with Gasteiger partial charge < -0.3 is 0 Å². The summed E-state index contributed by atoms with van der Waals surface area (Å²) in [5.41, 5.74) is 0. The van der Waals surface area contributed by atoms with E-state index in [-0.39, 0.29) is 0 Å². The molecule has 3 rings (SSSR count). The average Bonchev–Trinajstić information content (AvgIpc) is 3.20. The van der Waals surface area contributed by atoms with Crippen LogP contribution in [0.4, 0.5) is 0 Å². The van der Waals surface area contributed by atoms with Gasteiger partial charge in [-0.25, -0.2) is 0 Å². The van der Waals surface area contributed by atoms with Crippen LogP contribution < -0.4 is 0 Å². The van der Waals surface area contributed by atoms with Gasteiger partial charge in [0.25, 0.3) is 0 Å². The predicted octanol–water partition coefficient (Wildman–Crippen LogP) is 9.49. The zero-order chi connectivity index (χ0) is 16.4. The minimum atomic E-state index is 1.21. The normalized spacial score (nSPS) is 17.6. The molecule has 23 heavy (non-hydrogen) atoms. The summed E-state index contributed by atoms with van der Waals surface area (Å²) in [6.45, 7) is 4.52. The smallest absolute Gasteiger partial charge is 0.0861 e. The monoisotopic (exact) mass is 564 g/mol. The largest absolute Gasteiger partial charge is 0.119 e. The van der Waals surface area contributed by atoms with Crippen molar-refractivity contribution in [3.8, 4) is 0 Å². The van der Waals surface area contributed by atoms with Gasteiger partial charge in [-0.05, 0) is 56.2 Å². The highest BCUT2D eigenvalue weighted by atomic mass is 79.9. The number of thioether (sulfide) groups is 6. The lowest BCUT2D eigenvalue weighted by Gasteiger charge is -2.02. The lowest BCUT2D eigenvalue weighted by atomic mass is 10.6. The molecule has 0 spiro atoms. The lowest BCUT2D eigenvalue weighted by molar-refractivity contribution is 1.11. The quantitative estimate of drug-likeness (QED) is 0.334. The van der Waals surface area contributed by atoms with Gasteiger partial charge in [0, 0.05) is 0 Å². The van der Waals surface area contributed by atoms with Crippen LogP contribution in [0.5, 0.6) is 0 Å². The van der Waals surface area contributed by atoms with Crippen molar-refractivity contribution in [2.45, 2.75) is 36.5 Å². The fourth-order valence-corrected chi connectivity index (χ4v) is 14.0. The highest BCUT2D eigenvalue weighted by Crippen LogP contribution is 2.66. The highest BCUT2D eigenvalue weighted by molar-refractivity contribution is 9.12. The standard InChI is InChI=1S/C14H14Br2S7/c1-3-5-17-11-12(18-6-4-2)23-14(22-11)13-19-7-8(20-13)10(16)21-9(7)15/h3-6H2,1-2H3. The van der Waals surface area contributed by atoms with Gasteiger partial charge in [0.05, 0.1) is 34.3 Å². The minimum absolute atomic E-state index is 1.21. The van der Waals surface area contributed by atoms with Gasteiger partial charge in [-0.3, -0.25) is 0 Å². The van der Waals surface area contributed by atoms with Crippen LogP contribution >= 0.6 is 114 Å². The number of halogens is 2. The van der Waals surface area contributed by atoms with Crippen LogP contribution in [0.15, 0.2) is 34.3 Å². The van der Waals surface area contributed by atoms with Crippen molar-refractivity contribution in [3.05, 3.63) is 24.5 Å². The van der Waals surface area contributed by atoms with Gasteiger partial charge in [-0.15, -0.1) is 34.9 Å². The number of hydrogen-bond acceptors (Lipinski definition) is 7. The van der Waals surface area contributed by atoms with Gasteiger partial charge in [-0.1, -0.05) is 60.9 Å². The molecule has 0 saturated heterocycles. The Bertz CT molecular complexity index is 612. The summed E-state index contributed by atoms with van der Waals surface area (Å²) >= 11 is 21.0. The molecule has 0 radical (unpaired) electrons. The van der Waals surface area contributed by atoms with Crippen molar-refractivity contribution in [2.75, 3.05) is 11.5 Å². The molecule has 0 unspecified atom stereocenters. The molecule has 2 aliphatic heterocycles. The molecule has 0 atom stereocenters. The summed E-state index contributed by atoms with van der Waals surface area (Å²) in [6, 6.07) is 0. The Morgan fingerprint density at radius 2 is 1.17 bits per heavy atom. The zero-order valence-electron chi connectivity index (χ0n) is 12.4. The van der Waals surface area contributed by atoms with Gasteiger partial charge in [0.1, 0.15) is 0 Å². The van der Waals surface area contributed by atoms with Crippen LogP contribution in [0.2, 0.25) is 0 Å². The molecule has 126 valence electrons. The summed E-state index contributed by atoms with van der Waals surface area (Å²) in [5, 5.41) is 0. The van der Waals surface area contributed by atoms with Crippen LogP contribution in [0, 0.1) is 0 Å². The molecule has 0 bridgehead atoms. The van der Waals surface area contributed by atoms with E-state index >= 15 is 0 Å². The maximum atomic E-state index is 3.70. The first-order chi connectivity index (χ1) is 11.1. The van der Waals surface area contributed by atoms with E-state index in [1.165, 1.54) is 58.7 Å². The molecule has 2 aliphatic rings. The number of fused-ring (bicyclic) bond motifs is 1. The second-order valence-corrected chi connectivity index (χ2v) is 15.5. The number of thiophene rings is 1. The first-order valence-electron chi connectivity index (χ1n) is 7.07. The third kappa shape index (κ3) is 4.75. The third-order valence-electron chi connectivity index (χ3n) is 2.71. The molecule has 0 fully saturated rings. The molecular formula is C14H14Br2S7. The van der Waals surface area contributed by atoms with Gasteiger partial charge in [-0.2, -0.15) is 0 Å². The molecule has 9 heteroatoms. The molecule has 0 aromatic carbocycles. The molecule has 3 heterocycles. The van der Waals surface area contributed by atoms with E-state index in [0.29, 0.717) is 0 Å². The van der Waals surface area contributed by atoms with Crippen molar-refractivity contribution in [1.82, 2.24) is 0 Å². The Morgan fingerprint density at radius 1 is 0.739 bits per heavy atom. The maximum absolute atomic E-state index is 3.70. The Kier molecular flexibility index (Phi) is 8.20. The van der Waals surface area contributed by atoms with E-state index in [1.807, 2.05) is 70.6 Å². The maximum Gasteiger partial charge on any atom is 0.0861 e. The zero-order valence-corrected chi connectivity index (χ0v) is 21.3. The summed E-state index contributed by atoms with van der Waals surface area (Å²) in [6.07, 6.45) is 2.47. The van der Waals surface area contributed by atoms with Crippen LogP contribution in [-0.4, -0.2) is 11.5 Å². The van der Waals surface area contributed by atoms with Crippen LogP contribution in [0.1, 0.15) is 26.7 Å². The van der Waals surface area contributed by atoms with Crippen LogP contribution in [0.3, 0.4) is 0 Å². The van der Waals surface area contributed by atoms with E-state index in [2.05, 4.69) is 45.7 Å². The molecule has 1 aromatic heterocycles. The lowest BCUT2D eigenvalue weighted by Crippen LogP contribution is -1.77. The number of rotatable bonds is 6. The van der Waals surface area contributed by atoms with Crippen LogP contribution in [-0.2, 0) is 0 Å². The van der Waals surface area contributed by atoms with E-state index in [9.17, 15) is 0 Å². The summed E-state index contributed by atoms with van der Waals surface area (Å²) in [7, 11) is 0. The van der Waals surface area contributed by atoms with Crippen molar-refractivity contribution in [2.24, 2.45) is 0 Å². The molecule has 0 saturated carbocycles. The van der Waals surface area contributed by atoms with Gasteiger partial charge >= 0.3 is 0 Å². The molecule has 0 nitrogen and oxygen atoms in total. The third-order valence-corrected chi connectivity index (χ3v) is 15.1. The van der Waals surface area contributed by atoms with Crippen molar-refractivity contribution in [1.29, 1.82) is 0 Å². The molecular weight excluding hydrogens is 552 g/mol. The molecule has 1 aromatic rings. The first-order valence-corrected chi connectivity index (χ1v) is 14.7. The fraction of sp³-hybridized carbons (Fsp3) is 0.429. The second kappa shape index (κ2) is 9.44. The highest BCUT2D eigenvalue weighted by Gasteiger charge is 2.32. The van der Waals surface area contributed by atoms with E-state index in [0.717, 1.165) is 0 Å². The van der Waals surface area contributed by atoms with E-state index in [4.69, 9.17) is 0 Å². The Balaban J connectivity index is 1.77. The van der Waals surface area contributed by atoms with E-state index in [1.54, 1.807) is 11.3 Å². The molecule has 0 amide bonds. The van der Waals surface area contributed by atoms with Gasteiger partial charge in [0.2, 0.25) is 0 Å². The van der Waals surface area contributed by atoms with Crippen LogP contribution in [0.25, 0.3) is 0 Å². The Morgan fingerprint density at radius 3 is 1.61 bits per heavy atom. The summed E-state index contributed by atoms with van der Waals surface area (Å²) in [4.78, 5) is 2.76. The predicted molar refractivity (Wildman–Crippen MR) is 126 cm³/mol. The SMILES string of the molecule is CCCSC1=C(SCCC)SC(=C2Sc3c(Br)sc(Br)c3S2)S1. The Hall–Kier alpha value is 2.24. The van der Waals surface area contributed by atoms with Crippen molar-refractivity contribution in [3.63, 3.8) is 0 Å². The van der Waals surface area contributed by atoms with E-state index < -0.39 is 0 Å². The average molecular weight is 567 g/mol. The van der Waals surface area contributed by atoms with Gasteiger partial charge in [0.15, 0.2) is 0 Å². The van der Waals surface area contributed by atoms with Crippen molar-refractivity contribution < 1.29 is 0 Å². The topological polar surface area (TPSA) is 0 Å². The second-order valence-electron chi connectivity index (χ2n) is 4.56. The summed E-state index contributed by atoms with van der Waals surface area (Å²) < 4.78 is 8.44. The first kappa shape index (κ1) is 20.0. The number of hydrogen-bond donors (Lipinski definition) is 0. The molecule has 0 N–H and O–H groups in total. The fourth-order valence-electron chi connectivity index (χ4n) is 1.73. The van der Waals surface area contributed by atoms with Crippen molar-refractivity contribution >= 4 is 114 Å².